The lowest BCUT2D eigenvalue weighted by Crippen LogP contribution is -2.49. The van der Waals surface area contributed by atoms with Crippen LogP contribution in [0.1, 0.15) is 49.3 Å². The first kappa shape index (κ1) is 18.7. The maximum Gasteiger partial charge on any atom is 0.416 e. The van der Waals surface area contributed by atoms with Gasteiger partial charge in [-0.05, 0) is 37.0 Å². The van der Waals surface area contributed by atoms with Crippen LogP contribution in [-0.4, -0.2) is 35.3 Å². The Hall–Kier alpha value is -2.09. The molecule has 142 valence electrons. The first-order valence-electron chi connectivity index (χ1n) is 8.79. The zero-order chi connectivity index (χ0) is 18.9. The van der Waals surface area contributed by atoms with E-state index < -0.39 is 17.8 Å². The molecule has 1 aromatic rings. The third kappa shape index (κ3) is 3.70. The second-order valence-electron chi connectivity index (χ2n) is 6.87. The molecule has 1 aromatic carbocycles. The predicted molar refractivity (Wildman–Crippen MR) is 88.9 cm³/mol. The van der Waals surface area contributed by atoms with Gasteiger partial charge in [0.25, 0.3) is 0 Å². The van der Waals surface area contributed by atoms with Crippen LogP contribution in [0.4, 0.5) is 13.2 Å². The molecule has 2 aliphatic rings. The summed E-state index contributed by atoms with van der Waals surface area (Å²) in [6.07, 6.45) is -1.41. The number of fused-ring (bicyclic) bond motifs is 1. The summed E-state index contributed by atoms with van der Waals surface area (Å²) in [5, 5.41) is 2.94. The van der Waals surface area contributed by atoms with Gasteiger partial charge in [0.15, 0.2) is 0 Å². The molecule has 0 spiro atoms. The Morgan fingerprint density at radius 1 is 1.31 bits per heavy atom. The lowest BCUT2D eigenvalue weighted by Gasteiger charge is -2.33. The van der Waals surface area contributed by atoms with Crippen molar-refractivity contribution in [2.24, 2.45) is 5.73 Å². The number of alkyl halides is 3. The normalized spacial score (nSPS) is 26.7. The largest absolute Gasteiger partial charge is 0.416 e. The number of nitrogens with two attached hydrogens (primary N) is 1. The van der Waals surface area contributed by atoms with Crippen LogP contribution in [0.3, 0.4) is 0 Å². The molecule has 0 radical (unpaired) electrons. The molecule has 8 heteroatoms. The Labute approximate surface area is 149 Å². The quantitative estimate of drug-likeness (QED) is 0.840. The van der Waals surface area contributed by atoms with Crippen molar-refractivity contribution in [2.75, 3.05) is 6.54 Å². The second kappa shape index (κ2) is 7.26. The van der Waals surface area contributed by atoms with Gasteiger partial charge in [-0.25, -0.2) is 0 Å². The standard InChI is InChI=1S/C18H22F3N3O2/c19-18(20,21)12-5-3-4-11(8-12)15-9-13-14(24(15)17(26)10-22)6-1-2-7-16(25)23-13/h3-5,8,13-15H,1-2,6-7,9-10,22H2,(H,23,25)/t13-,14+,15+/m1/s1. The van der Waals surface area contributed by atoms with Gasteiger partial charge in [-0.1, -0.05) is 18.6 Å². The average Bonchev–Trinajstić information content (AvgIpc) is 2.93. The first-order valence-corrected chi connectivity index (χ1v) is 8.79. The van der Waals surface area contributed by atoms with Gasteiger partial charge < -0.3 is 16.0 Å². The molecule has 3 rings (SSSR count). The third-order valence-corrected chi connectivity index (χ3v) is 5.20. The minimum absolute atomic E-state index is 0.0791. The Morgan fingerprint density at radius 3 is 2.77 bits per heavy atom. The van der Waals surface area contributed by atoms with Crippen molar-refractivity contribution in [3.63, 3.8) is 0 Å². The number of hydrogen-bond donors (Lipinski definition) is 2. The van der Waals surface area contributed by atoms with E-state index >= 15 is 0 Å². The zero-order valence-electron chi connectivity index (χ0n) is 14.3. The highest BCUT2D eigenvalue weighted by atomic mass is 19.4. The van der Waals surface area contributed by atoms with Crippen LogP contribution < -0.4 is 11.1 Å². The number of carbonyl (C=O) groups excluding carboxylic acids is 2. The van der Waals surface area contributed by atoms with Gasteiger partial charge in [0.1, 0.15) is 0 Å². The highest BCUT2D eigenvalue weighted by Gasteiger charge is 2.45. The smallest absolute Gasteiger partial charge is 0.351 e. The summed E-state index contributed by atoms with van der Waals surface area (Å²) in [4.78, 5) is 26.0. The van der Waals surface area contributed by atoms with Gasteiger partial charge in [0.05, 0.1) is 30.2 Å². The highest BCUT2D eigenvalue weighted by Crippen LogP contribution is 2.40. The molecule has 2 aliphatic heterocycles. The fourth-order valence-corrected chi connectivity index (χ4v) is 4.03. The predicted octanol–water partition coefficient (Wildman–Crippen LogP) is 2.36. The molecule has 0 bridgehead atoms. The van der Waals surface area contributed by atoms with E-state index in [0.29, 0.717) is 24.8 Å². The van der Waals surface area contributed by atoms with Crippen molar-refractivity contribution in [1.29, 1.82) is 0 Å². The Bertz CT molecular complexity index is 693. The van der Waals surface area contributed by atoms with Crippen molar-refractivity contribution < 1.29 is 22.8 Å². The summed E-state index contributed by atoms with van der Waals surface area (Å²) in [7, 11) is 0. The Kier molecular flexibility index (Phi) is 5.22. The van der Waals surface area contributed by atoms with E-state index in [-0.39, 0.29) is 30.4 Å². The maximum absolute atomic E-state index is 13.1. The molecule has 0 unspecified atom stereocenters. The summed E-state index contributed by atoms with van der Waals surface area (Å²) in [5.41, 5.74) is 5.22. The number of nitrogens with one attached hydrogen (secondary N) is 1. The van der Waals surface area contributed by atoms with Crippen LogP contribution in [0.25, 0.3) is 0 Å². The molecule has 26 heavy (non-hydrogen) atoms. The molecule has 2 heterocycles. The molecule has 2 saturated heterocycles. The van der Waals surface area contributed by atoms with Crippen LogP contribution in [0, 0.1) is 0 Å². The van der Waals surface area contributed by atoms with Crippen LogP contribution in [0.2, 0.25) is 0 Å². The number of rotatable bonds is 2. The number of carbonyl (C=O) groups is 2. The molecular formula is C18H22F3N3O2. The van der Waals surface area contributed by atoms with E-state index in [2.05, 4.69) is 5.32 Å². The van der Waals surface area contributed by atoms with Gasteiger partial charge >= 0.3 is 6.18 Å². The summed E-state index contributed by atoms with van der Waals surface area (Å²) >= 11 is 0. The second-order valence-corrected chi connectivity index (χ2v) is 6.87. The molecular weight excluding hydrogens is 347 g/mol. The van der Waals surface area contributed by atoms with E-state index in [1.54, 1.807) is 11.0 Å². The highest BCUT2D eigenvalue weighted by molar-refractivity contribution is 5.80. The summed E-state index contributed by atoms with van der Waals surface area (Å²) in [6, 6.07) is 4.01. The molecule has 3 atom stereocenters. The average molecular weight is 369 g/mol. The molecule has 3 N–H and O–H groups in total. The maximum atomic E-state index is 13.1. The Morgan fingerprint density at radius 2 is 2.08 bits per heavy atom. The number of likely N-dealkylation sites (tertiary alicyclic amines) is 1. The monoisotopic (exact) mass is 369 g/mol. The van der Waals surface area contributed by atoms with Gasteiger partial charge in [-0.15, -0.1) is 0 Å². The number of amides is 2. The van der Waals surface area contributed by atoms with E-state index in [1.165, 1.54) is 6.07 Å². The number of halogens is 3. The lowest BCUT2D eigenvalue weighted by atomic mass is 9.97. The summed E-state index contributed by atoms with van der Waals surface area (Å²) < 4.78 is 39.2. The minimum Gasteiger partial charge on any atom is -0.351 e. The molecule has 0 aromatic heterocycles. The van der Waals surface area contributed by atoms with Crippen LogP contribution in [0.5, 0.6) is 0 Å². The van der Waals surface area contributed by atoms with E-state index in [0.717, 1.165) is 25.0 Å². The fraction of sp³-hybridized carbons (Fsp3) is 0.556. The van der Waals surface area contributed by atoms with Crippen molar-refractivity contribution >= 4 is 11.8 Å². The number of hydrogen-bond acceptors (Lipinski definition) is 3. The van der Waals surface area contributed by atoms with Crippen molar-refractivity contribution in [2.45, 2.75) is 56.4 Å². The molecule has 2 amide bonds. The minimum atomic E-state index is -4.45. The molecule has 2 fully saturated rings. The molecule has 0 saturated carbocycles. The number of nitrogens with zero attached hydrogens (tertiary/aromatic N) is 1. The van der Waals surface area contributed by atoms with Crippen molar-refractivity contribution in [3.8, 4) is 0 Å². The van der Waals surface area contributed by atoms with Crippen LogP contribution >= 0.6 is 0 Å². The fourth-order valence-electron chi connectivity index (χ4n) is 4.03. The van der Waals surface area contributed by atoms with Gasteiger partial charge in [-0.2, -0.15) is 13.2 Å². The lowest BCUT2D eigenvalue weighted by molar-refractivity contribution is -0.137. The Balaban J connectivity index is 1.97. The number of benzene rings is 1. The van der Waals surface area contributed by atoms with Crippen LogP contribution in [0.15, 0.2) is 24.3 Å². The topological polar surface area (TPSA) is 75.4 Å². The van der Waals surface area contributed by atoms with E-state index in [4.69, 9.17) is 5.73 Å². The molecule has 5 nitrogen and oxygen atoms in total. The molecule has 0 aliphatic carbocycles. The summed E-state index contributed by atoms with van der Waals surface area (Å²) in [6.45, 7) is -0.216. The van der Waals surface area contributed by atoms with Crippen molar-refractivity contribution in [3.05, 3.63) is 35.4 Å². The first-order chi connectivity index (χ1) is 12.3. The van der Waals surface area contributed by atoms with Gasteiger partial charge in [0.2, 0.25) is 11.8 Å². The van der Waals surface area contributed by atoms with Gasteiger partial charge in [0, 0.05) is 6.42 Å². The third-order valence-electron chi connectivity index (χ3n) is 5.20. The zero-order valence-corrected chi connectivity index (χ0v) is 14.3. The summed E-state index contributed by atoms with van der Waals surface area (Å²) in [5.74, 6) is -0.390. The SMILES string of the molecule is NCC(=O)N1[C@H](c2cccc(C(F)(F)F)c2)C[C@H]2NC(=O)CCCC[C@@H]21. The van der Waals surface area contributed by atoms with E-state index in [9.17, 15) is 22.8 Å². The van der Waals surface area contributed by atoms with Gasteiger partial charge in [-0.3, -0.25) is 9.59 Å². The van der Waals surface area contributed by atoms with Crippen LogP contribution in [-0.2, 0) is 15.8 Å². The van der Waals surface area contributed by atoms with Crippen molar-refractivity contribution in [1.82, 2.24) is 10.2 Å². The van der Waals surface area contributed by atoms with E-state index in [1.807, 2.05) is 0 Å².